The molecular weight excluding hydrogens is 595 g/mol. The summed E-state index contributed by atoms with van der Waals surface area (Å²) in [5.41, 5.74) is 14.5. The van der Waals surface area contributed by atoms with Gasteiger partial charge in [-0.2, -0.15) is 0 Å². The fraction of sp³-hybridized carbons (Fsp3) is 0.106. The van der Waals surface area contributed by atoms with Crippen LogP contribution in [-0.4, -0.2) is 4.57 Å². The molecule has 0 amide bonds. The summed E-state index contributed by atoms with van der Waals surface area (Å²) in [6.07, 6.45) is 8.51. The SMILES string of the molecule is C=C/C=C1/CC2CC=C(c3cccc(-n4c5ccccc5c5cc6cc7oc8ccccc8c7cc6cc54)c3)c3cccc(c32)C1=C.CC. The lowest BCUT2D eigenvalue weighted by molar-refractivity contribution is 0.669. The fourth-order valence-electron chi connectivity index (χ4n) is 8.35. The normalized spacial score (nSPS) is 16.3. The van der Waals surface area contributed by atoms with Gasteiger partial charge in [-0.05, 0) is 117 Å². The Labute approximate surface area is 286 Å². The van der Waals surface area contributed by atoms with Crippen LogP contribution in [0.5, 0.6) is 0 Å². The minimum Gasteiger partial charge on any atom is -0.456 e. The Balaban J connectivity index is 0.00000160. The van der Waals surface area contributed by atoms with Crippen LogP contribution >= 0.6 is 0 Å². The van der Waals surface area contributed by atoms with Crippen molar-refractivity contribution >= 4 is 65.7 Å². The van der Waals surface area contributed by atoms with Crippen LogP contribution in [0.2, 0.25) is 0 Å². The molecule has 1 unspecified atom stereocenters. The van der Waals surface area contributed by atoms with Crippen molar-refractivity contribution in [1.29, 1.82) is 0 Å². The van der Waals surface area contributed by atoms with Crippen LogP contribution in [0, 0.1) is 0 Å². The highest BCUT2D eigenvalue weighted by Crippen LogP contribution is 2.49. The van der Waals surface area contributed by atoms with Gasteiger partial charge >= 0.3 is 0 Å². The number of para-hydroxylation sites is 2. The number of hydrogen-bond acceptors (Lipinski definition) is 1. The van der Waals surface area contributed by atoms with E-state index >= 15 is 0 Å². The van der Waals surface area contributed by atoms with E-state index < -0.39 is 0 Å². The quantitative estimate of drug-likeness (QED) is 0.190. The number of fused-ring (bicyclic) bond motifs is 7. The summed E-state index contributed by atoms with van der Waals surface area (Å²) in [6.45, 7) is 12.4. The number of hydrogen-bond donors (Lipinski definition) is 0. The Hall–Kier alpha value is -5.86. The molecule has 49 heavy (non-hydrogen) atoms. The van der Waals surface area contributed by atoms with E-state index in [1.54, 1.807) is 0 Å². The van der Waals surface area contributed by atoms with Gasteiger partial charge in [0, 0.05) is 27.2 Å². The van der Waals surface area contributed by atoms with E-state index in [1.807, 2.05) is 32.1 Å². The highest BCUT2D eigenvalue weighted by Gasteiger charge is 2.31. The van der Waals surface area contributed by atoms with Gasteiger partial charge in [0.2, 0.25) is 0 Å². The zero-order valence-electron chi connectivity index (χ0n) is 28.0. The van der Waals surface area contributed by atoms with Gasteiger partial charge in [-0.25, -0.2) is 0 Å². The average molecular weight is 632 g/mol. The molecule has 6 aromatic carbocycles. The van der Waals surface area contributed by atoms with Gasteiger partial charge < -0.3 is 8.98 Å². The van der Waals surface area contributed by atoms with E-state index in [1.165, 1.54) is 66.0 Å². The summed E-state index contributed by atoms with van der Waals surface area (Å²) in [6, 6.07) is 42.1. The lowest BCUT2D eigenvalue weighted by Crippen LogP contribution is -2.16. The maximum Gasteiger partial charge on any atom is 0.136 e. The Morgan fingerprint density at radius 3 is 2.33 bits per heavy atom. The maximum absolute atomic E-state index is 6.26. The number of allylic oxidation sites excluding steroid dienone is 5. The lowest BCUT2D eigenvalue weighted by atomic mass is 9.70. The first-order chi connectivity index (χ1) is 24.2. The Kier molecular flexibility index (Phi) is 6.81. The van der Waals surface area contributed by atoms with Crippen LogP contribution in [0.4, 0.5) is 0 Å². The van der Waals surface area contributed by atoms with Crippen molar-refractivity contribution in [2.24, 2.45) is 0 Å². The van der Waals surface area contributed by atoms with Gasteiger partial charge in [0.05, 0.1) is 11.0 Å². The van der Waals surface area contributed by atoms with E-state index in [2.05, 4.69) is 133 Å². The molecule has 236 valence electrons. The van der Waals surface area contributed by atoms with Crippen molar-refractivity contribution in [2.75, 3.05) is 0 Å². The van der Waals surface area contributed by atoms with Gasteiger partial charge in [-0.1, -0.05) is 112 Å². The van der Waals surface area contributed by atoms with Crippen molar-refractivity contribution in [3.05, 3.63) is 174 Å². The molecule has 0 saturated heterocycles. The van der Waals surface area contributed by atoms with Crippen molar-refractivity contribution in [1.82, 2.24) is 4.57 Å². The topological polar surface area (TPSA) is 18.1 Å². The molecule has 2 nitrogen and oxygen atoms in total. The van der Waals surface area contributed by atoms with Crippen molar-refractivity contribution in [3.63, 3.8) is 0 Å². The summed E-state index contributed by atoms with van der Waals surface area (Å²) >= 11 is 0. The Morgan fingerprint density at radius 1 is 0.694 bits per heavy atom. The highest BCUT2D eigenvalue weighted by molar-refractivity contribution is 6.17. The molecule has 0 aliphatic heterocycles. The molecule has 1 atom stereocenters. The van der Waals surface area contributed by atoms with Gasteiger partial charge in [0.1, 0.15) is 11.2 Å². The second kappa shape index (κ2) is 11.4. The van der Waals surface area contributed by atoms with Gasteiger partial charge in [-0.15, -0.1) is 0 Å². The molecule has 10 rings (SSSR count). The molecule has 2 heteroatoms. The highest BCUT2D eigenvalue weighted by atomic mass is 16.3. The number of furan rings is 1. The lowest BCUT2D eigenvalue weighted by Gasteiger charge is -2.34. The zero-order valence-corrected chi connectivity index (χ0v) is 28.0. The number of nitrogens with zero attached hydrogens (tertiary/aromatic N) is 1. The third-order valence-electron chi connectivity index (χ3n) is 10.5. The van der Waals surface area contributed by atoms with E-state index in [4.69, 9.17) is 4.42 Å². The van der Waals surface area contributed by atoms with Crippen LogP contribution in [0.25, 0.3) is 71.4 Å². The average Bonchev–Trinajstić information content (AvgIpc) is 3.67. The third-order valence-corrected chi connectivity index (χ3v) is 10.5. The van der Waals surface area contributed by atoms with Gasteiger partial charge in [-0.3, -0.25) is 0 Å². The molecule has 0 bridgehead atoms. The molecule has 8 aromatic rings. The van der Waals surface area contributed by atoms with Crippen LogP contribution in [-0.2, 0) is 0 Å². The number of rotatable bonds is 3. The second-order valence-electron chi connectivity index (χ2n) is 13.0. The molecule has 2 aliphatic rings. The number of benzene rings is 6. The molecule has 0 spiro atoms. The maximum atomic E-state index is 6.26. The second-order valence-corrected chi connectivity index (χ2v) is 13.0. The van der Waals surface area contributed by atoms with Crippen molar-refractivity contribution in [3.8, 4) is 5.69 Å². The van der Waals surface area contributed by atoms with Crippen LogP contribution < -0.4 is 0 Å². The van der Waals surface area contributed by atoms with E-state index in [-0.39, 0.29) is 0 Å². The van der Waals surface area contributed by atoms with Crippen molar-refractivity contribution in [2.45, 2.75) is 32.6 Å². The number of aromatic nitrogens is 1. The molecule has 2 aliphatic carbocycles. The van der Waals surface area contributed by atoms with Gasteiger partial charge in [0.15, 0.2) is 0 Å². The van der Waals surface area contributed by atoms with Crippen molar-refractivity contribution < 1.29 is 4.42 Å². The van der Waals surface area contributed by atoms with Gasteiger partial charge in [0.25, 0.3) is 0 Å². The monoisotopic (exact) mass is 631 g/mol. The first kappa shape index (κ1) is 29.3. The van der Waals surface area contributed by atoms with Crippen LogP contribution in [0.1, 0.15) is 54.9 Å². The summed E-state index contributed by atoms with van der Waals surface area (Å²) in [5, 5.41) is 7.19. The Morgan fingerprint density at radius 2 is 1.45 bits per heavy atom. The minimum absolute atomic E-state index is 0.467. The van der Waals surface area contributed by atoms with E-state index in [0.29, 0.717) is 5.92 Å². The molecular formula is C47H37NO. The first-order valence-electron chi connectivity index (χ1n) is 17.4. The molecule has 0 radical (unpaired) electrons. The molecule has 2 heterocycles. The summed E-state index contributed by atoms with van der Waals surface area (Å²) in [7, 11) is 0. The minimum atomic E-state index is 0.467. The third kappa shape index (κ3) is 4.41. The zero-order chi connectivity index (χ0) is 33.2. The molecule has 0 N–H and O–H groups in total. The van der Waals surface area contributed by atoms with E-state index in [9.17, 15) is 0 Å². The molecule has 0 saturated carbocycles. The first-order valence-corrected chi connectivity index (χ1v) is 17.4. The summed E-state index contributed by atoms with van der Waals surface area (Å²) in [5.74, 6) is 0.467. The fourth-order valence-corrected chi connectivity index (χ4v) is 8.35. The predicted octanol–water partition coefficient (Wildman–Crippen LogP) is 13.3. The molecule has 0 fully saturated rings. The smallest absolute Gasteiger partial charge is 0.136 e. The van der Waals surface area contributed by atoms with E-state index in [0.717, 1.165) is 46.0 Å². The standard InChI is InChI=1S/C45H31NO.C2H6/c1-3-10-28-21-30-19-20-35(38-16-9-15-34(27(28)2)45(30)38)29-11-8-12-33(22-29)46-41-17-6-4-13-36(41)39-23-32-26-44-40(24-31(32)25-42(39)46)37-14-5-7-18-43(37)47-44;1-2/h3-18,20,22-26,30H,1-2,19,21H2;1-2H3/b28-10-;. The largest absolute Gasteiger partial charge is 0.456 e. The predicted molar refractivity (Wildman–Crippen MR) is 210 cm³/mol. The molecule has 2 aromatic heterocycles. The summed E-state index contributed by atoms with van der Waals surface area (Å²) < 4.78 is 8.69. The van der Waals surface area contributed by atoms with Crippen LogP contribution in [0.15, 0.2) is 157 Å². The Bertz CT molecular complexity index is 2730. The summed E-state index contributed by atoms with van der Waals surface area (Å²) in [4.78, 5) is 0. The van der Waals surface area contributed by atoms with Crippen LogP contribution in [0.3, 0.4) is 0 Å².